The highest BCUT2D eigenvalue weighted by Crippen LogP contribution is 2.30. The summed E-state index contributed by atoms with van der Waals surface area (Å²) in [5, 5.41) is 21.7. The van der Waals surface area contributed by atoms with Crippen molar-refractivity contribution in [2.24, 2.45) is 0 Å². The molecule has 29 nitrogen and oxygen atoms in total. The Bertz CT molecular complexity index is 5200. The highest BCUT2D eigenvalue weighted by molar-refractivity contribution is 7.88. The Balaban J connectivity index is 0.715. The van der Waals surface area contributed by atoms with Gasteiger partial charge in [0.05, 0.1) is 0 Å². The lowest BCUT2D eigenvalue weighted by Crippen LogP contribution is -2.34. The first-order valence-electron chi connectivity index (χ1n) is 35.5. The quantitative estimate of drug-likeness (QED) is 0.0143. The Hall–Kier alpha value is -14.1. The van der Waals surface area contributed by atoms with E-state index in [4.69, 9.17) is 40.4 Å². The summed E-state index contributed by atoms with van der Waals surface area (Å²) in [7, 11) is -16.5. The highest BCUT2D eigenvalue weighted by atomic mass is 32.2. The van der Waals surface area contributed by atoms with Crippen molar-refractivity contribution in [1.29, 1.82) is 0 Å². The van der Waals surface area contributed by atoms with E-state index in [1.807, 2.05) is 27.7 Å². The van der Waals surface area contributed by atoms with Crippen LogP contribution in [0.25, 0.3) is 0 Å². The van der Waals surface area contributed by atoms with Crippen LogP contribution in [0.3, 0.4) is 0 Å². The molecular formula is C84H74N8O21S4. The van der Waals surface area contributed by atoms with E-state index in [0.717, 1.165) is 22.3 Å². The monoisotopic (exact) mass is 1660 g/mol. The van der Waals surface area contributed by atoms with Gasteiger partial charge in [-0.1, -0.05) is 70.8 Å². The second-order valence-corrected chi connectivity index (χ2v) is 32.0. The van der Waals surface area contributed by atoms with Crippen LogP contribution in [0, 0.1) is 27.7 Å². The molecule has 8 amide bonds. The third kappa shape index (κ3) is 24.5. The van der Waals surface area contributed by atoms with Gasteiger partial charge in [-0.3, -0.25) is 0 Å². The fourth-order valence-electron chi connectivity index (χ4n) is 10.6. The van der Waals surface area contributed by atoms with Gasteiger partial charge < -0.3 is 83.0 Å². The molecule has 8 N–H and O–H groups in total. The number of aryl methyl sites for hydroxylation is 4. The number of hydrogen-bond acceptors (Lipinski definition) is 21. The zero-order chi connectivity index (χ0) is 82.7. The predicted octanol–water partition coefficient (Wildman–Crippen LogP) is 16.9. The highest BCUT2D eigenvalue weighted by Gasteiger charge is 2.24. The van der Waals surface area contributed by atoms with Gasteiger partial charge in [-0.2, -0.15) is 33.7 Å². The predicted molar refractivity (Wildman–Crippen MR) is 439 cm³/mol. The molecular weight excluding hydrogens is 1590 g/mol. The van der Waals surface area contributed by atoms with Gasteiger partial charge in [0.2, 0.25) is 0 Å². The first-order valence-corrected chi connectivity index (χ1v) is 41.1. The van der Waals surface area contributed by atoms with E-state index in [9.17, 15) is 52.8 Å². The van der Waals surface area contributed by atoms with Crippen LogP contribution in [0.5, 0.6) is 46.0 Å². The Morgan fingerprint density at radius 2 is 0.368 bits per heavy atom. The van der Waals surface area contributed by atoms with Crippen LogP contribution in [-0.4, -0.2) is 83.6 Å². The van der Waals surface area contributed by atoms with Gasteiger partial charge in [-0.05, 0) is 270 Å². The number of carbonyl (C=O) groups is 4. The Labute approximate surface area is 674 Å². The van der Waals surface area contributed by atoms with Crippen LogP contribution in [-0.2, 0) is 45.2 Å². The molecule has 0 aliphatic rings. The number of amides is 8. The summed E-state index contributed by atoms with van der Waals surface area (Å²) in [5.41, 5.74) is 6.13. The number of ether oxygens (including phenoxy) is 5. The molecule has 0 spiro atoms. The maximum Gasteiger partial charge on any atom is 0.339 e. The Kier molecular flexibility index (Phi) is 26.2. The van der Waals surface area contributed by atoms with Crippen molar-refractivity contribution in [3.8, 4) is 46.0 Å². The van der Waals surface area contributed by atoms with Crippen LogP contribution in [0.4, 0.5) is 64.7 Å². The summed E-state index contributed by atoms with van der Waals surface area (Å²) in [6.45, 7) is 6.67. The third-order valence-corrected chi connectivity index (χ3v) is 21.6. The van der Waals surface area contributed by atoms with Crippen molar-refractivity contribution >= 4 is 110 Å². The van der Waals surface area contributed by atoms with Crippen molar-refractivity contribution < 1.29 is 93.3 Å². The summed E-state index contributed by atoms with van der Waals surface area (Å²) in [6.07, 6.45) is -2.50. The molecule has 0 bridgehead atoms. The van der Waals surface area contributed by atoms with Crippen LogP contribution < -0.4 is 78.2 Å². The van der Waals surface area contributed by atoms with Gasteiger partial charge in [-0.25, -0.2) is 19.2 Å². The number of nitrogens with one attached hydrogen (secondary N) is 8. The third-order valence-electron chi connectivity index (χ3n) is 16.5. The number of hydrogen-bond donors (Lipinski definition) is 8. The van der Waals surface area contributed by atoms with Crippen LogP contribution >= 0.6 is 0 Å². The lowest BCUT2D eigenvalue weighted by molar-refractivity contribution is -0.105. The van der Waals surface area contributed by atoms with Gasteiger partial charge >= 0.3 is 64.6 Å². The number of urea groups is 4. The SMILES string of the molecule is Cc1ccc(S(=O)(=O)Oc2ccc(NC(=O)Nc3ccc(OC(COCC(Oc4ccc(NC(=O)Nc5ccc(OS(=O)(=O)c6ccc(C)cc6)cc5)cc4)Oc4ccc(NC(=O)Nc5ccc(OS(=O)(=O)c6ccc(C)cc6)cc5)cc4)Oc4ccc(NC(=O)Nc5ccc(OS(=O)(=O)c6ccc(C)cc6)cc5)cc4)cc3)cc2)cc1. The largest absolute Gasteiger partial charge is 0.452 e. The topological polar surface area (TPSA) is 384 Å². The number of anilines is 8. The standard InChI is InChI=1S/C84H74N8O21S4/c1-55-5-45-75(46-6-55)114(97,98)110-71-37-21-63(22-38-71)89-81(93)85-59-13-29-67(30-14-59)106-79(107-68-31-15-60(16-32-68)86-82(94)90-64-23-39-72(40-24-64)111-115(99,100)76-47-7-56(2)8-48-76)53-105-54-80(108-69-33-17-61(18-34-69)87-83(95)91-65-25-41-73(42-26-65)112-116(101,102)77-49-9-57(3)10-50-77)109-70-35-19-62(20-36-70)88-84(96)92-66-27-43-74(44-28-66)113-117(103,104)78-51-11-58(4)12-52-78/h5-52,79-80H,53-54H2,1-4H3,(H2,85,89,93)(H2,86,90,94)(H2,87,91,95)(H2,88,92,96). The van der Waals surface area contributed by atoms with E-state index in [1.54, 1.807) is 146 Å². The normalized spacial score (nSPS) is 11.4. The molecule has 0 saturated heterocycles. The van der Waals surface area contributed by atoms with Crippen molar-refractivity contribution in [3.63, 3.8) is 0 Å². The average molecular weight is 1660 g/mol. The Morgan fingerprint density at radius 3 is 0.521 bits per heavy atom. The fourth-order valence-corrected chi connectivity index (χ4v) is 14.3. The minimum atomic E-state index is -4.13. The smallest absolute Gasteiger partial charge is 0.339 e. The minimum absolute atomic E-state index is 0.0222. The van der Waals surface area contributed by atoms with E-state index in [0.29, 0.717) is 45.5 Å². The summed E-state index contributed by atoms with van der Waals surface area (Å²) in [4.78, 5) is 52.9. The zero-order valence-electron chi connectivity index (χ0n) is 62.5. The lowest BCUT2D eigenvalue weighted by atomic mass is 10.2. The van der Waals surface area contributed by atoms with Gasteiger partial charge in [0, 0.05) is 45.5 Å². The van der Waals surface area contributed by atoms with Crippen molar-refractivity contribution in [2.45, 2.75) is 59.9 Å². The van der Waals surface area contributed by atoms with E-state index in [-0.39, 0.29) is 78.8 Å². The molecule has 0 aromatic heterocycles. The second kappa shape index (κ2) is 37.2. The molecule has 0 atom stereocenters. The lowest BCUT2D eigenvalue weighted by Gasteiger charge is -2.24. The molecule has 0 heterocycles. The molecule has 0 aliphatic heterocycles. The summed E-state index contributed by atoms with van der Waals surface area (Å²) in [5.74, 6) is 1.06. The van der Waals surface area contributed by atoms with E-state index in [1.165, 1.54) is 146 Å². The molecule has 0 aliphatic carbocycles. The molecule has 33 heteroatoms. The molecule has 12 aromatic carbocycles. The molecule has 0 radical (unpaired) electrons. The number of rotatable bonds is 32. The van der Waals surface area contributed by atoms with E-state index < -0.39 is 77.2 Å². The summed E-state index contributed by atoms with van der Waals surface area (Å²) >= 11 is 0. The molecule has 0 fully saturated rings. The van der Waals surface area contributed by atoms with Gasteiger partial charge in [0.1, 0.15) is 78.8 Å². The maximum atomic E-state index is 13.2. The van der Waals surface area contributed by atoms with Crippen molar-refractivity contribution in [1.82, 2.24) is 0 Å². The van der Waals surface area contributed by atoms with E-state index >= 15 is 0 Å². The summed E-state index contributed by atoms with van der Waals surface area (Å²) in [6, 6.07) is 70.0. The average Bonchev–Trinajstić information content (AvgIpc) is 0.837. The minimum Gasteiger partial charge on any atom is -0.452 e. The molecule has 12 aromatic rings. The zero-order valence-corrected chi connectivity index (χ0v) is 65.8. The molecule has 117 heavy (non-hydrogen) atoms. The first-order chi connectivity index (χ1) is 56.0. The Morgan fingerprint density at radius 1 is 0.222 bits per heavy atom. The summed E-state index contributed by atoms with van der Waals surface area (Å²) < 4.78 is 156. The van der Waals surface area contributed by atoms with Gasteiger partial charge in [0.15, 0.2) is 0 Å². The first kappa shape index (κ1) is 82.3. The fraction of sp³-hybridized carbons (Fsp3) is 0.0952. The van der Waals surface area contributed by atoms with Crippen LogP contribution in [0.2, 0.25) is 0 Å². The second-order valence-electron chi connectivity index (χ2n) is 25.8. The molecule has 12 rings (SSSR count). The van der Waals surface area contributed by atoms with Crippen molar-refractivity contribution in [3.05, 3.63) is 313 Å². The van der Waals surface area contributed by atoms with Gasteiger partial charge in [-0.15, -0.1) is 0 Å². The molecule has 600 valence electrons. The maximum absolute atomic E-state index is 13.2. The molecule has 0 saturated carbocycles. The van der Waals surface area contributed by atoms with Crippen molar-refractivity contribution in [2.75, 3.05) is 55.7 Å². The van der Waals surface area contributed by atoms with Crippen LogP contribution in [0.1, 0.15) is 22.3 Å². The van der Waals surface area contributed by atoms with E-state index in [2.05, 4.69) is 42.5 Å². The number of benzene rings is 12. The van der Waals surface area contributed by atoms with Gasteiger partial charge in [0.25, 0.3) is 12.6 Å². The van der Waals surface area contributed by atoms with Crippen LogP contribution in [0.15, 0.2) is 311 Å². The number of carbonyl (C=O) groups excluding carboxylic acids is 4. The molecule has 0 unspecified atom stereocenters.